The molecule has 20 heavy (non-hydrogen) atoms. The van der Waals surface area contributed by atoms with E-state index in [0.29, 0.717) is 17.4 Å². The highest BCUT2D eigenvalue weighted by Crippen LogP contribution is 2.13. The first kappa shape index (κ1) is 16.4. The van der Waals surface area contributed by atoms with Gasteiger partial charge in [0, 0.05) is 11.4 Å². The first-order valence-electron chi connectivity index (χ1n) is 6.34. The summed E-state index contributed by atoms with van der Waals surface area (Å²) in [7, 11) is -1.50. The lowest BCUT2D eigenvalue weighted by molar-refractivity contribution is -0.120. The van der Waals surface area contributed by atoms with Crippen LogP contribution in [0.4, 0.5) is 0 Å². The zero-order chi connectivity index (χ0) is 15.3. The molecule has 0 fully saturated rings. The first-order valence-corrected chi connectivity index (χ1v) is 7.56. The number of carbonyl (C=O) groups excluding carboxylic acids is 1. The second kappa shape index (κ2) is 7.19. The Kier molecular flexibility index (Phi) is 5.88. The molecule has 0 saturated carbocycles. The normalized spacial score (nSPS) is 13.8. The monoisotopic (exact) mass is 297 g/mol. The minimum Gasteiger partial charge on any atom is -0.478 e. The Bertz CT molecular complexity index is 510. The highest BCUT2D eigenvalue weighted by Gasteiger charge is 2.21. The lowest BCUT2D eigenvalue weighted by Gasteiger charge is -2.13. The van der Waals surface area contributed by atoms with Crippen molar-refractivity contribution in [3.8, 4) is 0 Å². The van der Waals surface area contributed by atoms with Crippen molar-refractivity contribution in [1.82, 2.24) is 5.32 Å². The number of hydrogen-bond donors (Lipinski definition) is 2. The van der Waals surface area contributed by atoms with Crippen molar-refractivity contribution in [2.45, 2.75) is 30.9 Å². The Morgan fingerprint density at radius 2 is 1.75 bits per heavy atom. The van der Waals surface area contributed by atoms with Gasteiger partial charge in [0.05, 0.1) is 16.4 Å². The van der Waals surface area contributed by atoms with E-state index >= 15 is 0 Å². The SMILES string of the molecule is CC(C)CNC(=O)C(C)S(=O)c1ccc(C(=O)O)cc1. The molecule has 0 aliphatic heterocycles. The second-order valence-electron chi connectivity index (χ2n) is 4.91. The Hall–Kier alpha value is -1.69. The maximum atomic E-state index is 12.2. The highest BCUT2D eigenvalue weighted by molar-refractivity contribution is 7.86. The van der Waals surface area contributed by atoms with E-state index in [-0.39, 0.29) is 11.5 Å². The zero-order valence-corrected chi connectivity index (χ0v) is 12.6. The fourth-order valence-electron chi connectivity index (χ4n) is 1.48. The standard InChI is InChI=1S/C14H19NO4S/c1-9(2)8-15-13(16)10(3)20(19)12-6-4-11(5-7-12)14(17)18/h4-7,9-10H,8H2,1-3H3,(H,15,16)(H,17,18). The summed E-state index contributed by atoms with van der Waals surface area (Å²) in [5.74, 6) is -0.973. The van der Waals surface area contributed by atoms with Crippen LogP contribution >= 0.6 is 0 Å². The summed E-state index contributed by atoms with van der Waals surface area (Å²) in [5, 5.41) is 10.9. The average Bonchev–Trinajstić information content (AvgIpc) is 2.43. The van der Waals surface area contributed by atoms with Gasteiger partial charge in [-0.1, -0.05) is 13.8 Å². The van der Waals surface area contributed by atoms with Gasteiger partial charge in [-0.25, -0.2) is 4.79 Å². The minimum atomic E-state index is -1.50. The zero-order valence-electron chi connectivity index (χ0n) is 11.8. The molecule has 0 bridgehead atoms. The molecule has 0 saturated heterocycles. The average molecular weight is 297 g/mol. The third-order valence-electron chi connectivity index (χ3n) is 2.71. The van der Waals surface area contributed by atoms with Crippen LogP contribution in [0.1, 0.15) is 31.1 Å². The largest absolute Gasteiger partial charge is 0.478 e. The van der Waals surface area contributed by atoms with E-state index in [1.807, 2.05) is 13.8 Å². The summed E-state index contributed by atoms with van der Waals surface area (Å²) < 4.78 is 12.2. The van der Waals surface area contributed by atoms with Crippen molar-refractivity contribution in [2.24, 2.45) is 5.92 Å². The number of aromatic carboxylic acids is 1. The van der Waals surface area contributed by atoms with Crippen LogP contribution in [0.3, 0.4) is 0 Å². The number of rotatable bonds is 6. The third-order valence-corrected chi connectivity index (χ3v) is 4.30. The fourth-order valence-corrected chi connectivity index (χ4v) is 2.57. The van der Waals surface area contributed by atoms with Crippen LogP contribution in [0.25, 0.3) is 0 Å². The molecule has 5 nitrogen and oxygen atoms in total. The van der Waals surface area contributed by atoms with Gasteiger partial charge in [0.25, 0.3) is 0 Å². The van der Waals surface area contributed by atoms with Crippen molar-refractivity contribution < 1.29 is 18.9 Å². The molecule has 2 unspecified atom stereocenters. The van der Waals surface area contributed by atoms with E-state index < -0.39 is 22.0 Å². The fraction of sp³-hybridized carbons (Fsp3) is 0.429. The highest BCUT2D eigenvalue weighted by atomic mass is 32.2. The molecule has 6 heteroatoms. The Balaban J connectivity index is 2.73. The van der Waals surface area contributed by atoms with Gasteiger partial charge in [0.2, 0.25) is 5.91 Å². The predicted molar refractivity (Wildman–Crippen MR) is 77.1 cm³/mol. The molecule has 1 aromatic carbocycles. The van der Waals surface area contributed by atoms with Crippen LogP contribution in [0.15, 0.2) is 29.2 Å². The predicted octanol–water partition coefficient (Wildman–Crippen LogP) is 1.65. The molecule has 0 spiro atoms. The van der Waals surface area contributed by atoms with E-state index in [0.717, 1.165) is 0 Å². The molecule has 2 N–H and O–H groups in total. The van der Waals surface area contributed by atoms with E-state index in [2.05, 4.69) is 5.32 Å². The summed E-state index contributed by atoms with van der Waals surface area (Å²) in [5.41, 5.74) is 0.127. The molecule has 0 aliphatic carbocycles. The van der Waals surface area contributed by atoms with Crippen LogP contribution < -0.4 is 5.32 Å². The van der Waals surface area contributed by atoms with Crippen molar-refractivity contribution in [1.29, 1.82) is 0 Å². The van der Waals surface area contributed by atoms with Gasteiger partial charge in [-0.3, -0.25) is 9.00 Å². The Morgan fingerprint density at radius 1 is 1.20 bits per heavy atom. The molecule has 0 aromatic heterocycles. The van der Waals surface area contributed by atoms with E-state index in [4.69, 9.17) is 5.11 Å². The van der Waals surface area contributed by atoms with Crippen LogP contribution in [-0.2, 0) is 15.6 Å². The molecule has 0 heterocycles. The number of amides is 1. The first-order chi connectivity index (χ1) is 9.32. The molecule has 110 valence electrons. The lowest BCUT2D eigenvalue weighted by atomic mass is 10.2. The number of nitrogens with one attached hydrogen (secondary N) is 1. The Labute approximate surface area is 120 Å². The number of hydrogen-bond acceptors (Lipinski definition) is 3. The number of carboxylic acid groups (broad SMARTS) is 1. The Morgan fingerprint density at radius 3 is 2.20 bits per heavy atom. The van der Waals surface area contributed by atoms with Gasteiger partial charge >= 0.3 is 5.97 Å². The molecular weight excluding hydrogens is 278 g/mol. The number of carbonyl (C=O) groups is 2. The van der Waals surface area contributed by atoms with Gasteiger partial charge in [0.15, 0.2) is 0 Å². The summed E-state index contributed by atoms with van der Waals surface area (Å²) in [4.78, 5) is 23.0. The second-order valence-corrected chi connectivity index (χ2v) is 6.68. The van der Waals surface area contributed by atoms with Crippen molar-refractivity contribution in [2.75, 3.05) is 6.54 Å². The molecule has 0 aliphatic rings. The quantitative estimate of drug-likeness (QED) is 0.836. The minimum absolute atomic E-state index is 0.127. The van der Waals surface area contributed by atoms with Gasteiger partial charge < -0.3 is 10.4 Å². The summed E-state index contributed by atoms with van der Waals surface area (Å²) in [6.45, 7) is 6.09. The molecule has 1 amide bonds. The van der Waals surface area contributed by atoms with Crippen molar-refractivity contribution in [3.63, 3.8) is 0 Å². The van der Waals surface area contributed by atoms with Gasteiger partial charge in [-0.2, -0.15) is 0 Å². The van der Waals surface area contributed by atoms with Crippen molar-refractivity contribution in [3.05, 3.63) is 29.8 Å². The molecule has 2 atom stereocenters. The van der Waals surface area contributed by atoms with Crippen LogP contribution in [0, 0.1) is 5.92 Å². The van der Waals surface area contributed by atoms with E-state index in [1.165, 1.54) is 24.3 Å². The maximum Gasteiger partial charge on any atom is 0.335 e. The maximum absolute atomic E-state index is 12.2. The number of benzene rings is 1. The molecule has 1 rings (SSSR count). The number of carboxylic acids is 1. The third kappa shape index (κ3) is 4.45. The van der Waals surface area contributed by atoms with Crippen molar-refractivity contribution >= 4 is 22.7 Å². The van der Waals surface area contributed by atoms with Crippen LogP contribution in [0.5, 0.6) is 0 Å². The summed E-state index contributed by atoms with van der Waals surface area (Å²) in [6.07, 6.45) is 0. The van der Waals surface area contributed by atoms with E-state index in [1.54, 1.807) is 6.92 Å². The molecule has 0 radical (unpaired) electrons. The summed E-state index contributed by atoms with van der Waals surface area (Å²) >= 11 is 0. The lowest BCUT2D eigenvalue weighted by Crippen LogP contribution is -2.37. The molecular formula is C14H19NO4S. The molecule has 1 aromatic rings. The summed E-state index contributed by atoms with van der Waals surface area (Å²) in [6, 6.07) is 5.72. The van der Waals surface area contributed by atoms with E-state index in [9.17, 15) is 13.8 Å². The van der Waals surface area contributed by atoms with Crippen LogP contribution in [-0.4, -0.2) is 33.0 Å². The smallest absolute Gasteiger partial charge is 0.335 e. The van der Waals surface area contributed by atoms with Gasteiger partial charge in [-0.05, 0) is 37.1 Å². The van der Waals surface area contributed by atoms with Gasteiger partial charge in [-0.15, -0.1) is 0 Å². The topological polar surface area (TPSA) is 83.5 Å². The van der Waals surface area contributed by atoms with Gasteiger partial charge in [0.1, 0.15) is 5.25 Å². The van der Waals surface area contributed by atoms with Crippen LogP contribution in [0.2, 0.25) is 0 Å².